The second kappa shape index (κ2) is 7.41. The van der Waals surface area contributed by atoms with Crippen molar-refractivity contribution in [1.82, 2.24) is 10.0 Å². The molecular weight excluding hydrogens is 252 g/mol. The first-order valence-electron chi connectivity index (χ1n) is 7.38. The minimum absolute atomic E-state index is 0.0365. The first kappa shape index (κ1) is 15.0. The SMILES string of the molecule is CCC(=O)OC1CCN(C)N(CCc2ccccc2)C1. The summed E-state index contributed by atoms with van der Waals surface area (Å²) in [6.45, 7) is 4.54. The fourth-order valence-corrected chi connectivity index (χ4v) is 2.47. The average Bonchev–Trinajstić information content (AvgIpc) is 2.48. The lowest BCUT2D eigenvalue weighted by Gasteiger charge is -2.39. The summed E-state index contributed by atoms with van der Waals surface area (Å²) in [7, 11) is 2.10. The third kappa shape index (κ3) is 4.32. The van der Waals surface area contributed by atoms with Crippen LogP contribution in [0.25, 0.3) is 0 Å². The summed E-state index contributed by atoms with van der Waals surface area (Å²) in [5.41, 5.74) is 1.34. The molecule has 2 rings (SSSR count). The van der Waals surface area contributed by atoms with Crippen molar-refractivity contribution in [2.24, 2.45) is 0 Å². The Morgan fingerprint density at radius 1 is 1.35 bits per heavy atom. The third-order valence-corrected chi connectivity index (χ3v) is 3.76. The predicted octanol–water partition coefficient (Wildman–Crippen LogP) is 2.10. The molecule has 0 saturated carbocycles. The van der Waals surface area contributed by atoms with Gasteiger partial charge < -0.3 is 4.74 Å². The van der Waals surface area contributed by atoms with Gasteiger partial charge in [0, 0.05) is 26.6 Å². The molecule has 1 aliphatic rings. The molecule has 0 radical (unpaired) electrons. The Morgan fingerprint density at radius 3 is 2.80 bits per heavy atom. The van der Waals surface area contributed by atoms with Crippen LogP contribution in [0.2, 0.25) is 0 Å². The number of hydrogen-bond acceptors (Lipinski definition) is 4. The Kier molecular flexibility index (Phi) is 5.56. The van der Waals surface area contributed by atoms with Crippen LogP contribution in [0.3, 0.4) is 0 Å². The van der Waals surface area contributed by atoms with E-state index in [9.17, 15) is 4.79 Å². The first-order valence-corrected chi connectivity index (χ1v) is 7.38. The van der Waals surface area contributed by atoms with Gasteiger partial charge in [-0.1, -0.05) is 37.3 Å². The molecule has 0 aromatic heterocycles. The van der Waals surface area contributed by atoms with E-state index in [1.165, 1.54) is 5.56 Å². The summed E-state index contributed by atoms with van der Waals surface area (Å²) in [5, 5.41) is 4.52. The number of hydrazine groups is 1. The van der Waals surface area contributed by atoms with Crippen molar-refractivity contribution in [3.63, 3.8) is 0 Å². The number of carbonyl (C=O) groups is 1. The number of ether oxygens (including phenoxy) is 1. The number of nitrogens with zero attached hydrogens (tertiary/aromatic N) is 2. The molecule has 4 heteroatoms. The summed E-state index contributed by atoms with van der Waals surface area (Å²) >= 11 is 0. The van der Waals surface area contributed by atoms with Crippen molar-refractivity contribution in [2.75, 3.05) is 26.7 Å². The summed E-state index contributed by atoms with van der Waals surface area (Å²) in [6, 6.07) is 10.5. The monoisotopic (exact) mass is 276 g/mol. The predicted molar refractivity (Wildman–Crippen MR) is 79.1 cm³/mol. The van der Waals surface area contributed by atoms with E-state index in [0.29, 0.717) is 6.42 Å². The molecule has 1 fully saturated rings. The number of benzene rings is 1. The van der Waals surface area contributed by atoms with Gasteiger partial charge in [0.15, 0.2) is 0 Å². The number of hydrogen-bond donors (Lipinski definition) is 0. The van der Waals surface area contributed by atoms with Crippen LogP contribution in [-0.2, 0) is 16.0 Å². The van der Waals surface area contributed by atoms with Crippen LogP contribution >= 0.6 is 0 Å². The van der Waals surface area contributed by atoms with Gasteiger partial charge in [0.1, 0.15) is 6.10 Å². The minimum atomic E-state index is -0.0948. The van der Waals surface area contributed by atoms with Gasteiger partial charge in [0.25, 0.3) is 0 Å². The van der Waals surface area contributed by atoms with Crippen LogP contribution in [0, 0.1) is 0 Å². The van der Waals surface area contributed by atoms with Crippen LogP contribution in [-0.4, -0.2) is 48.8 Å². The van der Waals surface area contributed by atoms with E-state index in [0.717, 1.165) is 32.5 Å². The molecule has 0 spiro atoms. The molecule has 1 atom stereocenters. The molecule has 1 unspecified atom stereocenters. The number of esters is 1. The molecule has 1 heterocycles. The minimum Gasteiger partial charge on any atom is -0.461 e. The van der Waals surface area contributed by atoms with E-state index in [1.807, 2.05) is 13.0 Å². The third-order valence-electron chi connectivity index (χ3n) is 3.76. The summed E-state index contributed by atoms with van der Waals surface area (Å²) < 4.78 is 5.46. The Bertz CT molecular complexity index is 422. The van der Waals surface area contributed by atoms with Crippen LogP contribution in [0.5, 0.6) is 0 Å². The maximum atomic E-state index is 11.4. The van der Waals surface area contributed by atoms with E-state index >= 15 is 0 Å². The van der Waals surface area contributed by atoms with E-state index in [-0.39, 0.29) is 12.1 Å². The van der Waals surface area contributed by atoms with Crippen molar-refractivity contribution in [2.45, 2.75) is 32.3 Å². The zero-order valence-electron chi connectivity index (χ0n) is 12.4. The fourth-order valence-electron chi connectivity index (χ4n) is 2.47. The molecule has 1 saturated heterocycles. The van der Waals surface area contributed by atoms with Gasteiger partial charge in [0.2, 0.25) is 0 Å². The highest BCUT2D eigenvalue weighted by Crippen LogP contribution is 2.14. The van der Waals surface area contributed by atoms with Crippen LogP contribution in [0.4, 0.5) is 0 Å². The van der Waals surface area contributed by atoms with Crippen LogP contribution in [0.15, 0.2) is 30.3 Å². The van der Waals surface area contributed by atoms with Gasteiger partial charge in [-0.25, -0.2) is 10.0 Å². The highest BCUT2D eigenvalue weighted by Gasteiger charge is 2.25. The second-order valence-corrected chi connectivity index (χ2v) is 5.28. The molecular formula is C16H24N2O2. The maximum Gasteiger partial charge on any atom is 0.305 e. The van der Waals surface area contributed by atoms with E-state index in [1.54, 1.807) is 0 Å². The van der Waals surface area contributed by atoms with Crippen LogP contribution in [0.1, 0.15) is 25.3 Å². The largest absolute Gasteiger partial charge is 0.461 e. The van der Waals surface area contributed by atoms with Crippen molar-refractivity contribution in [1.29, 1.82) is 0 Å². The van der Waals surface area contributed by atoms with Gasteiger partial charge in [-0.15, -0.1) is 0 Å². The molecule has 110 valence electrons. The molecule has 1 aliphatic heterocycles. The Labute approximate surface area is 121 Å². The van der Waals surface area contributed by atoms with Crippen molar-refractivity contribution in [3.05, 3.63) is 35.9 Å². The van der Waals surface area contributed by atoms with Gasteiger partial charge in [-0.3, -0.25) is 4.79 Å². The normalized spacial score (nSPS) is 20.8. The number of rotatable bonds is 5. The summed E-state index contributed by atoms with van der Waals surface area (Å²) in [5.74, 6) is -0.0948. The highest BCUT2D eigenvalue weighted by atomic mass is 16.5. The average molecular weight is 276 g/mol. The summed E-state index contributed by atoms with van der Waals surface area (Å²) in [6.07, 6.45) is 2.43. The van der Waals surface area contributed by atoms with E-state index in [2.05, 4.69) is 41.3 Å². The summed E-state index contributed by atoms with van der Waals surface area (Å²) in [4.78, 5) is 11.4. The molecule has 1 aromatic rings. The van der Waals surface area contributed by atoms with Gasteiger partial charge in [-0.05, 0) is 18.4 Å². The van der Waals surface area contributed by atoms with Crippen LogP contribution < -0.4 is 0 Å². The standard InChI is InChI=1S/C16H24N2O2/c1-3-16(19)20-15-10-11-17(2)18(13-15)12-9-14-7-5-4-6-8-14/h4-8,15H,3,9-13H2,1-2H3. The zero-order valence-corrected chi connectivity index (χ0v) is 12.4. The van der Waals surface area contributed by atoms with Gasteiger partial charge >= 0.3 is 5.97 Å². The molecule has 20 heavy (non-hydrogen) atoms. The molecule has 4 nitrogen and oxygen atoms in total. The maximum absolute atomic E-state index is 11.4. The Balaban J connectivity index is 1.84. The number of carbonyl (C=O) groups excluding carboxylic acids is 1. The smallest absolute Gasteiger partial charge is 0.305 e. The topological polar surface area (TPSA) is 32.8 Å². The molecule has 0 aliphatic carbocycles. The lowest BCUT2D eigenvalue weighted by molar-refractivity contribution is -0.158. The van der Waals surface area contributed by atoms with Crippen molar-refractivity contribution in [3.8, 4) is 0 Å². The quantitative estimate of drug-likeness (QED) is 0.771. The van der Waals surface area contributed by atoms with Gasteiger partial charge in [-0.2, -0.15) is 0 Å². The van der Waals surface area contributed by atoms with Gasteiger partial charge in [0.05, 0.1) is 6.54 Å². The Hall–Kier alpha value is -1.39. The fraction of sp³-hybridized carbons (Fsp3) is 0.562. The Morgan fingerprint density at radius 2 is 2.10 bits per heavy atom. The molecule has 0 bridgehead atoms. The van der Waals surface area contributed by atoms with Crippen molar-refractivity contribution >= 4 is 5.97 Å². The van der Waals surface area contributed by atoms with Crippen molar-refractivity contribution < 1.29 is 9.53 Å². The van der Waals surface area contributed by atoms with E-state index in [4.69, 9.17) is 4.74 Å². The molecule has 0 amide bonds. The second-order valence-electron chi connectivity index (χ2n) is 5.28. The highest BCUT2D eigenvalue weighted by molar-refractivity contribution is 5.69. The zero-order chi connectivity index (χ0) is 14.4. The molecule has 1 aromatic carbocycles. The lowest BCUT2D eigenvalue weighted by Crippen LogP contribution is -2.51. The molecule has 0 N–H and O–H groups in total. The lowest BCUT2D eigenvalue weighted by atomic mass is 10.1. The first-order chi connectivity index (χ1) is 9.69. The van der Waals surface area contributed by atoms with E-state index < -0.39 is 0 Å².